The second kappa shape index (κ2) is 6.17. The van der Waals surface area contributed by atoms with Crippen molar-refractivity contribution in [1.29, 1.82) is 0 Å². The minimum atomic E-state index is -0.322. The van der Waals surface area contributed by atoms with E-state index < -0.39 is 0 Å². The lowest BCUT2D eigenvalue weighted by atomic mass is 10.1. The highest BCUT2D eigenvalue weighted by Gasteiger charge is 2.06. The maximum absolute atomic E-state index is 12.9. The van der Waals surface area contributed by atoms with Gasteiger partial charge < -0.3 is 5.32 Å². The fraction of sp³-hybridized carbons (Fsp3) is 0.0625. The van der Waals surface area contributed by atoms with Gasteiger partial charge in [-0.1, -0.05) is 30.3 Å². The van der Waals surface area contributed by atoms with Gasteiger partial charge in [0.25, 0.3) is 5.56 Å². The number of nitrogens with zero attached hydrogens (tertiary/aromatic N) is 2. The molecule has 0 saturated heterocycles. The van der Waals surface area contributed by atoms with Crippen molar-refractivity contribution in [2.24, 2.45) is 0 Å². The van der Waals surface area contributed by atoms with Gasteiger partial charge in [0.05, 0.1) is 0 Å². The molecule has 0 radical (unpaired) electrons. The number of aromatic amines is 1. The van der Waals surface area contributed by atoms with E-state index in [4.69, 9.17) is 0 Å². The zero-order chi connectivity index (χ0) is 15.4. The van der Waals surface area contributed by atoms with Crippen LogP contribution >= 0.6 is 0 Å². The molecule has 3 aromatic rings. The Bertz CT molecular complexity index is 816. The molecule has 0 bridgehead atoms. The summed E-state index contributed by atoms with van der Waals surface area (Å²) in [4.78, 5) is 14.7. The van der Waals surface area contributed by atoms with Crippen molar-refractivity contribution < 1.29 is 4.39 Å². The molecule has 0 unspecified atom stereocenters. The lowest BCUT2D eigenvalue weighted by Gasteiger charge is -2.05. The number of rotatable bonds is 4. The van der Waals surface area contributed by atoms with E-state index in [0.29, 0.717) is 6.42 Å². The zero-order valence-electron chi connectivity index (χ0n) is 11.6. The summed E-state index contributed by atoms with van der Waals surface area (Å²) in [5.41, 5.74) is 1.56. The van der Waals surface area contributed by atoms with Crippen molar-refractivity contribution in [3.05, 3.63) is 82.0 Å². The minimum Gasteiger partial charge on any atom is -0.324 e. The van der Waals surface area contributed by atoms with Crippen molar-refractivity contribution >= 4 is 11.6 Å². The van der Waals surface area contributed by atoms with Crippen molar-refractivity contribution in [2.45, 2.75) is 6.42 Å². The van der Waals surface area contributed by atoms with Gasteiger partial charge in [-0.2, -0.15) is 0 Å². The largest absolute Gasteiger partial charge is 0.324 e. The molecular formula is C16H13FN4O. The quantitative estimate of drug-likeness (QED) is 0.776. The summed E-state index contributed by atoms with van der Waals surface area (Å²) in [6.45, 7) is 0. The highest BCUT2D eigenvalue weighted by molar-refractivity contribution is 5.51. The molecule has 0 saturated carbocycles. The third-order valence-corrected chi connectivity index (χ3v) is 3.09. The van der Waals surface area contributed by atoms with E-state index >= 15 is 0 Å². The van der Waals surface area contributed by atoms with Crippen molar-refractivity contribution in [3.63, 3.8) is 0 Å². The van der Waals surface area contributed by atoms with Crippen LogP contribution in [0.1, 0.15) is 11.3 Å². The highest BCUT2D eigenvalue weighted by atomic mass is 19.1. The first-order valence-corrected chi connectivity index (χ1v) is 6.73. The van der Waals surface area contributed by atoms with Crippen LogP contribution in [0, 0.1) is 5.82 Å². The van der Waals surface area contributed by atoms with Crippen LogP contribution in [0.25, 0.3) is 0 Å². The number of hydrogen-bond acceptors (Lipinski definition) is 4. The molecule has 6 heteroatoms. The van der Waals surface area contributed by atoms with E-state index in [0.717, 1.165) is 11.3 Å². The molecule has 0 amide bonds. The number of benzene rings is 2. The molecule has 3 rings (SSSR count). The van der Waals surface area contributed by atoms with Gasteiger partial charge in [0.15, 0.2) is 0 Å². The standard InChI is InChI=1S/C16H13FN4O/c17-12-8-6-11(7-9-12)10-14-15(22)19-16(21-20-14)18-13-4-2-1-3-5-13/h1-9H,10H2,(H2,18,19,21,22). The van der Waals surface area contributed by atoms with E-state index in [-0.39, 0.29) is 23.0 Å². The predicted octanol–water partition coefficient (Wildman–Crippen LogP) is 2.64. The molecule has 0 aliphatic carbocycles. The molecule has 0 aliphatic rings. The Balaban J connectivity index is 1.77. The third kappa shape index (κ3) is 3.35. The summed E-state index contributed by atoms with van der Waals surface area (Å²) in [5.74, 6) is -0.0368. The Morgan fingerprint density at radius 2 is 1.73 bits per heavy atom. The van der Waals surface area contributed by atoms with Crippen LogP contribution in [0.2, 0.25) is 0 Å². The van der Waals surface area contributed by atoms with Gasteiger partial charge in [0, 0.05) is 12.1 Å². The van der Waals surface area contributed by atoms with E-state index in [1.165, 1.54) is 12.1 Å². The van der Waals surface area contributed by atoms with Crippen molar-refractivity contribution in [1.82, 2.24) is 15.2 Å². The van der Waals surface area contributed by atoms with Crippen LogP contribution < -0.4 is 10.9 Å². The van der Waals surface area contributed by atoms with Crippen LogP contribution in [0.15, 0.2) is 59.4 Å². The molecule has 0 atom stereocenters. The van der Waals surface area contributed by atoms with E-state index in [1.54, 1.807) is 12.1 Å². The van der Waals surface area contributed by atoms with Gasteiger partial charge >= 0.3 is 0 Å². The number of nitrogens with one attached hydrogen (secondary N) is 2. The number of halogens is 1. The molecule has 1 aromatic heterocycles. The smallest absolute Gasteiger partial charge is 0.274 e. The van der Waals surface area contributed by atoms with Gasteiger partial charge in [-0.15, -0.1) is 10.2 Å². The molecule has 5 nitrogen and oxygen atoms in total. The van der Waals surface area contributed by atoms with Crippen LogP contribution in [-0.4, -0.2) is 15.2 Å². The fourth-order valence-corrected chi connectivity index (χ4v) is 1.99. The molecule has 2 aromatic carbocycles. The maximum atomic E-state index is 12.9. The van der Waals surface area contributed by atoms with E-state index in [9.17, 15) is 9.18 Å². The minimum absolute atomic E-state index is 0.277. The second-order valence-electron chi connectivity index (χ2n) is 4.74. The third-order valence-electron chi connectivity index (χ3n) is 3.09. The normalized spacial score (nSPS) is 10.4. The van der Waals surface area contributed by atoms with Crippen LogP contribution in [0.5, 0.6) is 0 Å². The van der Waals surface area contributed by atoms with Crippen LogP contribution in [0.3, 0.4) is 0 Å². The molecule has 0 fully saturated rings. The zero-order valence-corrected chi connectivity index (χ0v) is 11.6. The second-order valence-corrected chi connectivity index (χ2v) is 4.74. The molecule has 1 heterocycles. The number of aromatic nitrogens is 3. The molecule has 0 spiro atoms. The summed E-state index contributed by atoms with van der Waals surface area (Å²) >= 11 is 0. The van der Waals surface area contributed by atoms with E-state index in [2.05, 4.69) is 20.5 Å². The Kier molecular flexibility index (Phi) is 3.91. The van der Waals surface area contributed by atoms with Gasteiger partial charge in [-0.3, -0.25) is 9.78 Å². The van der Waals surface area contributed by atoms with Crippen molar-refractivity contribution in [2.75, 3.05) is 5.32 Å². The average Bonchev–Trinajstić information content (AvgIpc) is 2.53. The summed E-state index contributed by atoms with van der Waals surface area (Å²) in [5, 5.41) is 10.9. The van der Waals surface area contributed by atoms with Gasteiger partial charge in [0.2, 0.25) is 5.95 Å². The first-order valence-electron chi connectivity index (χ1n) is 6.73. The summed E-state index contributed by atoms with van der Waals surface area (Å²) < 4.78 is 12.9. The molecule has 22 heavy (non-hydrogen) atoms. The first kappa shape index (κ1) is 13.9. The lowest BCUT2D eigenvalue weighted by molar-refractivity contribution is 0.627. The Morgan fingerprint density at radius 1 is 1.00 bits per heavy atom. The number of para-hydroxylation sites is 1. The summed E-state index contributed by atoms with van der Waals surface area (Å²) in [6.07, 6.45) is 0.300. The highest BCUT2D eigenvalue weighted by Crippen LogP contribution is 2.10. The SMILES string of the molecule is O=c1[nH]c(Nc2ccccc2)nnc1Cc1ccc(F)cc1. The monoisotopic (exact) mass is 296 g/mol. The van der Waals surface area contributed by atoms with E-state index in [1.807, 2.05) is 30.3 Å². The summed E-state index contributed by atoms with van der Waals surface area (Å²) in [7, 11) is 0. The average molecular weight is 296 g/mol. The molecule has 0 aliphatic heterocycles. The number of hydrogen-bond donors (Lipinski definition) is 2. The lowest BCUT2D eigenvalue weighted by Crippen LogP contribution is -2.18. The first-order chi connectivity index (χ1) is 10.7. The molecule has 110 valence electrons. The van der Waals surface area contributed by atoms with Crippen LogP contribution in [-0.2, 0) is 6.42 Å². The summed E-state index contributed by atoms with van der Waals surface area (Å²) in [6, 6.07) is 15.3. The van der Waals surface area contributed by atoms with Gasteiger partial charge in [-0.25, -0.2) is 4.39 Å². The molecular weight excluding hydrogens is 283 g/mol. The predicted molar refractivity (Wildman–Crippen MR) is 81.6 cm³/mol. The number of anilines is 2. The Labute approximate surface area is 125 Å². The van der Waals surface area contributed by atoms with Gasteiger partial charge in [-0.05, 0) is 29.8 Å². The maximum Gasteiger partial charge on any atom is 0.274 e. The van der Waals surface area contributed by atoms with Crippen LogP contribution in [0.4, 0.5) is 16.0 Å². The number of H-pyrrole nitrogens is 1. The molecule has 2 N–H and O–H groups in total. The van der Waals surface area contributed by atoms with Gasteiger partial charge in [0.1, 0.15) is 11.5 Å². The fourth-order valence-electron chi connectivity index (χ4n) is 1.99. The Morgan fingerprint density at radius 3 is 2.41 bits per heavy atom. The van der Waals surface area contributed by atoms with Crippen molar-refractivity contribution in [3.8, 4) is 0 Å². The Hall–Kier alpha value is -3.02. The topological polar surface area (TPSA) is 70.7 Å².